The fourth-order valence-electron chi connectivity index (χ4n) is 2.67. The van der Waals surface area contributed by atoms with Crippen molar-refractivity contribution in [3.05, 3.63) is 78.7 Å². The van der Waals surface area contributed by atoms with E-state index in [-0.39, 0.29) is 11.5 Å². The molecule has 0 aliphatic rings. The number of methoxy groups -OCH3 is 3. The van der Waals surface area contributed by atoms with Crippen molar-refractivity contribution in [2.45, 2.75) is 0 Å². The van der Waals surface area contributed by atoms with Gasteiger partial charge in [0.05, 0.1) is 33.2 Å². The molecule has 0 saturated heterocycles. The van der Waals surface area contributed by atoms with Crippen molar-refractivity contribution in [3.63, 3.8) is 0 Å². The van der Waals surface area contributed by atoms with Gasteiger partial charge in [-0.15, -0.1) is 0 Å². The predicted octanol–water partition coefficient (Wildman–Crippen LogP) is 4.84. The van der Waals surface area contributed by atoms with E-state index in [0.717, 1.165) is 0 Å². The fourth-order valence-corrected chi connectivity index (χ4v) is 2.67. The lowest BCUT2D eigenvalue weighted by atomic mass is 10.1. The van der Waals surface area contributed by atoms with E-state index in [4.69, 9.17) is 23.7 Å². The first-order chi connectivity index (χ1) is 14.7. The van der Waals surface area contributed by atoms with Gasteiger partial charge >= 0.3 is 5.97 Å². The van der Waals surface area contributed by atoms with Crippen LogP contribution in [0.5, 0.6) is 28.9 Å². The highest BCUT2D eigenvalue weighted by atomic mass is 16.5. The van der Waals surface area contributed by atoms with E-state index in [9.17, 15) is 4.79 Å². The van der Waals surface area contributed by atoms with Crippen LogP contribution in [0.15, 0.2) is 73.1 Å². The molecular weight excluding hydrogens is 386 g/mol. The average Bonchev–Trinajstić information content (AvgIpc) is 2.79. The van der Waals surface area contributed by atoms with Crippen LogP contribution in [0.3, 0.4) is 0 Å². The molecule has 0 aliphatic heterocycles. The summed E-state index contributed by atoms with van der Waals surface area (Å²) in [6, 6.07) is 17.8. The summed E-state index contributed by atoms with van der Waals surface area (Å²) in [6.45, 7) is 0. The number of hydrogen-bond donors (Lipinski definition) is 0. The van der Waals surface area contributed by atoms with Gasteiger partial charge < -0.3 is 23.7 Å². The molecule has 1 aromatic heterocycles. The van der Waals surface area contributed by atoms with Gasteiger partial charge in [0, 0.05) is 6.20 Å². The lowest BCUT2D eigenvalue weighted by Gasteiger charge is -2.15. The second-order valence-electron chi connectivity index (χ2n) is 5.92. The highest BCUT2D eigenvalue weighted by Crippen LogP contribution is 2.39. The third-order valence-electron chi connectivity index (χ3n) is 4.05. The van der Waals surface area contributed by atoms with Crippen molar-refractivity contribution >= 4 is 11.5 Å². The maximum atomic E-state index is 12.2. The number of nitrogens with zero attached hydrogens (tertiary/aromatic N) is 1. The van der Waals surface area contributed by atoms with Gasteiger partial charge in [0.15, 0.2) is 23.0 Å². The van der Waals surface area contributed by atoms with Crippen molar-refractivity contribution in [2.75, 3.05) is 21.3 Å². The number of benzene rings is 2. The first-order valence-corrected chi connectivity index (χ1v) is 9.02. The maximum absolute atomic E-state index is 12.2. The summed E-state index contributed by atoms with van der Waals surface area (Å²) in [5.74, 6) is 1.60. The van der Waals surface area contributed by atoms with E-state index in [1.165, 1.54) is 20.5 Å². The van der Waals surface area contributed by atoms with Crippen LogP contribution in [0.25, 0.3) is 5.57 Å². The minimum absolute atomic E-state index is 0.172. The lowest BCUT2D eigenvalue weighted by Crippen LogP contribution is -2.06. The quantitative estimate of drug-likeness (QED) is 0.301. The van der Waals surface area contributed by atoms with Crippen LogP contribution in [0.4, 0.5) is 0 Å². The van der Waals surface area contributed by atoms with Crippen molar-refractivity contribution in [2.24, 2.45) is 0 Å². The van der Waals surface area contributed by atoms with Gasteiger partial charge in [-0.25, -0.2) is 9.78 Å². The topological polar surface area (TPSA) is 76.1 Å². The van der Waals surface area contributed by atoms with Gasteiger partial charge in [-0.3, -0.25) is 0 Å². The molecule has 1 heterocycles. The summed E-state index contributed by atoms with van der Waals surface area (Å²) < 4.78 is 27.3. The predicted molar refractivity (Wildman–Crippen MR) is 111 cm³/mol. The van der Waals surface area contributed by atoms with Crippen LogP contribution in [-0.2, 0) is 14.3 Å². The van der Waals surface area contributed by atoms with Crippen molar-refractivity contribution in [1.82, 2.24) is 4.98 Å². The number of carbonyl (C=O) groups excluding carboxylic acids is 1. The Morgan fingerprint density at radius 3 is 2.00 bits per heavy atom. The summed E-state index contributed by atoms with van der Waals surface area (Å²) in [7, 11) is 4.30. The molecular formula is C23H21NO6. The van der Waals surface area contributed by atoms with Gasteiger partial charge in [-0.2, -0.15) is 0 Å². The Bertz CT molecular complexity index is 1050. The average molecular weight is 407 g/mol. The lowest BCUT2D eigenvalue weighted by molar-refractivity contribution is -0.133. The standard InChI is InChI=1S/C23H21NO6/c1-26-15-17(23(25)28-3)16-9-8-14-24-22(16)30-21-13-7-6-12-20(21)29-19-11-5-4-10-18(19)27-2/h4-15H,1-3H3. The Morgan fingerprint density at radius 1 is 0.800 bits per heavy atom. The second-order valence-corrected chi connectivity index (χ2v) is 5.92. The first-order valence-electron chi connectivity index (χ1n) is 9.02. The van der Waals surface area contributed by atoms with E-state index >= 15 is 0 Å². The van der Waals surface area contributed by atoms with Crippen molar-refractivity contribution in [1.29, 1.82) is 0 Å². The molecule has 7 nitrogen and oxygen atoms in total. The van der Waals surface area contributed by atoms with E-state index in [1.54, 1.807) is 55.8 Å². The number of carbonyl (C=O) groups is 1. The van der Waals surface area contributed by atoms with Crippen LogP contribution < -0.4 is 14.2 Å². The van der Waals surface area contributed by atoms with E-state index in [1.807, 2.05) is 18.2 Å². The highest BCUT2D eigenvalue weighted by Gasteiger charge is 2.20. The number of pyridine rings is 1. The normalized spacial score (nSPS) is 10.8. The number of esters is 1. The van der Waals surface area contributed by atoms with Crippen LogP contribution in [-0.4, -0.2) is 32.3 Å². The summed E-state index contributed by atoms with van der Waals surface area (Å²) >= 11 is 0. The first kappa shape index (κ1) is 20.7. The van der Waals surface area contributed by atoms with Crippen LogP contribution >= 0.6 is 0 Å². The number of rotatable bonds is 8. The highest BCUT2D eigenvalue weighted by molar-refractivity contribution is 6.16. The van der Waals surface area contributed by atoms with Crippen molar-refractivity contribution in [3.8, 4) is 28.9 Å². The van der Waals surface area contributed by atoms with Gasteiger partial charge in [-0.05, 0) is 36.4 Å². The molecule has 154 valence electrons. The van der Waals surface area contributed by atoms with Gasteiger partial charge in [0.25, 0.3) is 0 Å². The third-order valence-corrected chi connectivity index (χ3v) is 4.05. The van der Waals surface area contributed by atoms with E-state index < -0.39 is 5.97 Å². The Balaban J connectivity index is 1.97. The largest absolute Gasteiger partial charge is 0.503 e. The Kier molecular flexibility index (Phi) is 6.89. The zero-order valence-corrected chi connectivity index (χ0v) is 16.8. The molecule has 0 bridgehead atoms. The molecule has 0 spiro atoms. The monoisotopic (exact) mass is 407 g/mol. The van der Waals surface area contributed by atoms with Crippen molar-refractivity contribution < 1.29 is 28.5 Å². The van der Waals surface area contributed by atoms with Gasteiger partial charge in [0.1, 0.15) is 5.57 Å². The smallest absolute Gasteiger partial charge is 0.341 e. The van der Waals surface area contributed by atoms with Crippen LogP contribution in [0.1, 0.15) is 5.56 Å². The number of hydrogen-bond acceptors (Lipinski definition) is 7. The minimum Gasteiger partial charge on any atom is -0.503 e. The molecule has 0 radical (unpaired) electrons. The molecule has 7 heteroatoms. The maximum Gasteiger partial charge on any atom is 0.341 e. The Hall–Kier alpha value is -4.00. The molecule has 3 aromatic rings. The van der Waals surface area contributed by atoms with E-state index in [2.05, 4.69) is 4.98 Å². The summed E-state index contributed by atoms with van der Waals surface area (Å²) in [5.41, 5.74) is 0.588. The molecule has 0 N–H and O–H groups in total. The molecule has 0 aliphatic carbocycles. The SMILES string of the molecule is COC=C(C(=O)OC)c1cccnc1Oc1ccccc1Oc1ccccc1OC. The number of para-hydroxylation sites is 4. The van der Waals surface area contributed by atoms with Crippen LogP contribution in [0, 0.1) is 0 Å². The molecule has 0 amide bonds. The molecule has 0 unspecified atom stereocenters. The zero-order valence-electron chi connectivity index (χ0n) is 16.8. The molecule has 0 atom stereocenters. The number of aromatic nitrogens is 1. The second kappa shape index (κ2) is 9.97. The van der Waals surface area contributed by atoms with E-state index in [0.29, 0.717) is 28.6 Å². The molecule has 0 fully saturated rings. The number of ether oxygens (including phenoxy) is 5. The minimum atomic E-state index is -0.576. The summed E-state index contributed by atoms with van der Waals surface area (Å²) in [4.78, 5) is 16.5. The molecule has 0 saturated carbocycles. The van der Waals surface area contributed by atoms with Crippen LogP contribution in [0.2, 0.25) is 0 Å². The molecule has 3 rings (SSSR count). The Labute approximate surface area is 174 Å². The summed E-state index contributed by atoms with van der Waals surface area (Å²) in [6.07, 6.45) is 2.84. The molecule has 30 heavy (non-hydrogen) atoms. The van der Waals surface area contributed by atoms with Gasteiger partial charge in [-0.1, -0.05) is 24.3 Å². The third kappa shape index (κ3) is 4.70. The molecule has 2 aromatic carbocycles. The fraction of sp³-hybridized carbons (Fsp3) is 0.130. The summed E-state index contributed by atoms with van der Waals surface area (Å²) in [5, 5.41) is 0. The Morgan fingerprint density at radius 2 is 1.40 bits per heavy atom. The van der Waals surface area contributed by atoms with Gasteiger partial charge in [0.2, 0.25) is 5.88 Å². The zero-order chi connectivity index (χ0) is 21.3.